The number of sulfonamides is 1. The molecule has 0 aliphatic carbocycles. The van der Waals surface area contributed by atoms with Crippen LogP contribution in [0.4, 0.5) is 0 Å². The average Bonchev–Trinajstić information content (AvgIpc) is 2.67. The maximum Gasteiger partial charge on any atom is 0.227 e. The molecule has 16 heavy (non-hydrogen) atoms. The second kappa shape index (κ2) is 5.09. The van der Waals surface area contributed by atoms with E-state index in [1.165, 1.54) is 6.92 Å². The molecule has 0 bridgehead atoms. The van der Waals surface area contributed by atoms with Crippen LogP contribution in [0.2, 0.25) is 0 Å². The van der Waals surface area contributed by atoms with Crippen LogP contribution in [0, 0.1) is 11.3 Å². The van der Waals surface area contributed by atoms with Gasteiger partial charge in [-0.2, -0.15) is 5.26 Å². The Balaban J connectivity index is 2.59. The topological polar surface area (TPSA) is 87.8 Å². The number of imidazole rings is 1. The second-order valence-corrected chi connectivity index (χ2v) is 5.63. The van der Waals surface area contributed by atoms with E-state index in [1.54, 1.807) is 36.3 Å². The molecular weight excluding hydrogens is 228 g/mol. The van der Waals surface area contributed by atoms with Crippen molar-refractivity contribution in [3.63, 3.8) is 0 Å². The van der Waals surface area contributed by atoms with Crippen LogP contribution in [0.15, 0.2) is 18.7 Å². The lowest BCUT2D eigenvalue weighted by molar-refractivity contribution is 0.518. The molecule has 0 aliphatic heterocycles. The van der Waals surface area contributed by atoms with E-state index in [0.717, 1.165) is 0 Å². The smallest absolute Gasteiger partial charge is 0.227 e. The Hall–Kier alpha value is -1.39. The van der Waals surface area contributed by atoms with Crippen LogP contribution in [-0.4, -0.2) is 29.3 Å². The van der Waals surface area contributed by atoms with E-state index in [4.69, 9.17) is 5.26 Å². The summed E-state index contributed by atoms with van der Waals surface area (Å²) in [5.41, 5.74) is 0. The summed E-state index contributed by atoms with van der Waals surface area (Å²) in [5, 5.41) is 7.51. The monoisotopic (exact) mass is 242 g/mol. The third-order valence-corrected chi connectivity index (χ3v) is 3.82. The molecule has 0 saturated carbocycles. The van der Waals surface area contributed by atoms with Gasteiger partial charge in [-0.1, -0.05) is 0 Å². The van der Waals surface area contributed by atoms with Crippen molar-refractivity contribution in [3.8, 4) is 6.07 Å². The Labute approximate surface area is 95.0 Å². The minimum atomic E-state index is -3.56. The molecule has 0 amide bonds. The first-order valence-corrected chi connectivity index (χ1v) is 6.37. The summed E-state index contributed by atoms with van der Waals surface area (Å²) in [6, 6.07) is 1.42. The zero-order chi connectivity index (χ0) is 12.2. The molecule has 0 spiro atoms. The van der Waals surface area contributed by atoms with E-state index >= 15 is 0 Å². The molecule has 0 aromatic carbocycles. The lowest BCUT2D eigenvalue weighted by Gasteiger charge is -2.15. The molecule has 1 aromatic heterocycles. The van der Waals surface area contributed by atoms with Crippen molar-refractivity contribution < 1.29 is 8.42 Å². The minimum Gasteiger partial charge on any atom is -0.336 e. The normalized spacial score (nSPS) is 15.3. The molecule has 7 heteroatoms. The molecule has 0 fully saturated rings. The summed E-state index contributed by atoms with van der Waals surface area (Å²) in [4.78, 5) is 3.86. The summed E-state index contributed by atoms with van der Waals surface area (Å²) in [7, 11) is -3.56. The van der Waals surface area contributed by atoms with Gasteiger partial charge < -0.3 is 4.57 Å². The molecular formula is C9H14N4O2S. The molecule has 2 unspecified atom stereocenters. The van der Waals surface area contributed by atoms with Crippen molar-refractivity contribution in [3.05, 3.63) is 18.7 Å². The zero-order valence-electron chi connectivity index (χ0n) is 9.16. The highest BCUT2D eigenvalue weighted by Gasteiger charge is 2.22. The van der Waals surface area contributed by atoms with Gasteiger partial charge in [-0.15, -0.1) is 0 Å². The lowest BCUT2D eigenvalue weighted by atomic mass is 10.4. The highest BCUT2D eigenvalue weighted by Crippen LogP contribution is 2.00. The number of hydrogen-bond donors (Lipinski definition) is 1. The van der Waals surface area contributed by atoms with E-state index in [-0.39, 0.29) is 6.04 Å². The van der Waals surface area contributed by atoms with Crippen molar-refractivity contribution in [2.75, 3.05) is 0 Å². The summed E-state index contributed by atoms with van der Waals surface area (Å²) >= 11 is 0. The van der Waals surface area contributed by atoms with Crippen LogP contribution in [0.25, 0.3) is 0 Å². The van der Waals surface area contributed by atoms with Crippen LogP contribution in [-0.2, 0) is 16.6 Å². The van der Waals surface area contributed by atoms with Crippen molar-refractivity contribution in [2.24, 2.45) is 0 Å². The summed E-state index contributed by atoms with van der Waals surface area (Å²) in [6.07, 6.45) is 4.98. The summed E-state index contributed by atoms with van der Waals surface area (Å²) in [6.45, 7) is 3.57. The highest BCUT2D eigenvalue weighted by atomic mass is 32.2. The third kappa shape index (κ3) is 3.32. The summed E-state index contributed by atoms with van der Waals surface area (Å²) in [5.74, 6) is 0. The predicted octanol–water partition coefficient (Wildman–Crippen LogP) is 0.103. The predicted molar refractivity (Wildman–Crippen MR) is 58.8 cm³/mol. The van der Waals surface area contributed by atoms with Crippen LogP contribution in [0.1, 0.15) is 13.8 Å². The van der Waals surface area contributed by atoms with Gasteiger partial charge >= 0.3 is 0 Å². The maximum absolute atomic E-state index is 11.5. The minimum absolute atomic E-state index is 0.282. The van der Waals surface area contributed by atoms with Crippen LogP contribution >= 0.6 is 0 Å². The first-order chi connectivity index (χ1) is 7.45. The molecule has 88 valence electrons. The summed E-state index contributed by atoms with van der Waals surface area (Å²) < 4.78 is 27.3. The second-order valence-electron chi connectivity index (χ2n) is 3.59. The van der Waals surface area contributed by atoms with E-state index in [2.05, 4.69) is 9.71 Å². The molecule has 0 radical (unpaired) electrons. The Bertz CT molecular complexity index is 460. The zero-order valence-corrected chi connectivity index (χ0v) is 9.98. The first-order valence-electron chi connectivity index (χ1n) is 4.82. The number of aromatic nitrogens is 2. The molecule has 2 atom stereocenters. The first kappa shape index (κ1) is 12.7. The van der Waals surface area contributed by atoms with Crippen LogP contribution in [0.5, 0.6) is 0 Å². The van der Waals surface area contributed by atoms with Crippen molar-refractivity contribution in [1.82, 2.24) is 14.3 Å². The van der Waals surface area contributed by atoms with E-state index in [0.29, 0.717) is 6.54 Å². The number of nitriles is 1. The van der Waals surface area contributed by atoms with Gasteiger partial charge in [0.05, 0.1) is 12.4 Å². The third-order valence-electron chi connectivity index (χ3n) is 2.06. The SMILES string of the molecule is CC(Cn1ccnc1)NS(=O)(=O)C(C)C#N. The fraction of sp³-hybridized carbons (Fsp3) is 0.556. The standard InChI is InChI=1S/C9H14N4O2S/c1-8(6-13-4-3-11-7-13)12-16(14,15)9(2)5-10/h3-4,7-9,12H,6H2,1-2H3. The fourth-order valence-corrected chi connectivity index (χ4v) is 2.18. The largest absolute Gasteiger partial charge is 0.336 e. The van der Waals surface area contributed by atoms with E-state index in [1.807, 2.05) is 0 Å². The van der Waals surface area contributed by atoms with E-state index < -0.39 is 15.3 Å². The molecule has 1 rings (SSSR count). The number of nitrogens with zero attached hydrogens (tertiary/aromatic N) is 3. The Morgan fingerprint density at radius 3 is 2.75 bits per heavy atom. The quantitative estimate of drug-likeness (QED) is 0.793. The van der Waals surface area contributed by atoms with Crippen LogP contribution < -0.4 is 4.72 Å². The highest BCUT2D eigenvalue weighted by molar-refractivity contribution is 7.90. The number of nitrogens with one attached hydrogen (secondary N) is 1. The lowest BCUT2D eigenvalue weighted by Crippen LogP contribution is -2.39. The Morgan fingerprint density at radius 1 is 1.56 bits per heavy atom. The Kier molecular flexibility index (Phi) is 4.04. The fourth-order valence-electron chi connectivity index (χ4n) is 1.20. The molecule has 1 heterocycles. The van der Waals surface area contributed by atoms with Gasteiger partial charge in [0, 0.05) is 25.0 Å². The molecule has 6 nitrogen and oxygen atoms in total. The number of rotatable bonds is 5. The van der Waals surface area contributed by atoms with Crippen molar-refractivity contribution in [1.29, 1.82) is 5.26 Å². The molecule has 1 aromatic rings. The van der Waals surface area contributed by atoms with Crippen LogP contribution in [0.3, 0.4) is 0 Å². The van der Waals surface area contributed by atoms with Crippen molar-refractivity contribution in [2.45, 2.75) is 31.7 Å². The Morgan fingerprint density at radius 2 is 2.25 bits per heavy atom. The maximum atomic E-state index is 11.5. The molecule has 0 aliphatic rings. The van der Waals surface area contributed by atoms with Gasteiger partial charge in [0.25, 0.3) is 0 Å². The van der Waals surface area contributed by atoms with Gasteiger partial charge in [0.1, 0.15) is 0 Å². The average molecular weight is 242 g/mol. The van der Waals surface area contributed by atoms with Gasteiger partial charge in [-0.05, 0) is 13.8 Å². The van der Waals surface area contributed by atoms with Gasteiger partial charge in [0.15, 0.2) is 5.25 Å². The molecule has 1 N–H and O–H groups in total. The molecule has 0 saturated heterocycles. The van der Waals surface area contributed by atoms with Gasteiger partial charge in [0.2, 0.25) is 10.0 Å². The number of hydrogen-bond acceptors (Lipinski definition) is 4. The van der Waals surface area contributed by atoms with Gasteiger partial charge in [-0.25, -0.2) is 18.1 Å². The van der Waals surface area contributed by atoms with Crippen molar-refractivity contribution >= 4 is 10.0 Å². The van der Waals surface area contributed by atoms with Gasteiger partial charge in [-0.3, -0.25) is 0 Å². The van der Waals surface area contributed by atoms with E-state index in [9.17, 15) is 8.42 Å².